The summed E-state index contributed by atoms with van der Waals surface area (Å²) in [4.78, 5) is 35.1. The van der Waals surface area contributed by atoms with Crippen LogP contribution in [0.5, 0.6) is 5.75 Å². The van der Waals surface area contributed by atoms with Crippen molar-refractivity contribution in [2.75, 3.05) is 25.6 Å². The smallest absolute Gasteiger partial charge is 0.325 e. The number of aromatic nitrogens is 1. The van der Waals surface area contributed by atoms with Gasteiger partial charge in [0.2, 0.25) is 0 Å². The molecular weight excluding hydrogens is 330 g/mol. The Balaban J connectivity index is 1.72. The second-order valence-corrected chi connectivity index (χ2v) is 4.95. The van der Waals surface area contributed by atoms with E-state index in [9.17, 15) is 14.4 Å². The van der Waals surface area contributed by atoms with Gasteiger partial charge in [-0.15, -0.1) is 0 Å². The third-order valence-corrected chi connectivity index (χ3v) is 2.98. The number of methoxy groups -OCH3 is 1. The van der Waals surface area contributed by atoms with Crippen molar-refractivity contribution in [3.8, 4) is 5.75 Å². The number of ether oxygens (including phenoxy) is 2. The first-order valence-electron chi connectivity index (χ1n) is 7.29. The fourth-order valence-corrected chi connectivity index (χ4v) is 1.82. The number of benzene rings is 1. The number of nitrogens with one attached hydrogen (secondary N) is 2. The Labute approximate surface area is 143 Å². The Morgan fingerprint density at radius 1 is 1.24 bits per heavy atom. The van der Waals surface area contributed by atoms with Crippen molar-refractivity contribution in [2.24, 2.45) is 0 Å². The predicted octanol–water partition coefficient (Wildman–Crippen LogP) is 0.903. The van der Waals surface area contributed by atoms with Crippen LogP contribution in [0, 0.1) is 6.92 Å². The molecule has 0 unspecified atom stereocenters. The molecule has 25 heavy (non-hydrogen) atoms. The Hall–Kier alpha value is -3.36. The Morgan fingerprint density at radius 2 is 2.04 bits per heavy atom. The minimum Gasteiger partial charge on any atom is -0.497 e. The molecule has 2 rings (SSSR count). The van der Waals surface area contributed by atoms with Gasteiger partial charge in [-0.1, -0.05) is 11.2 Å². The molecule has 1 aromatic heterocycles. The highest BCUT2D eigenvalue weighted by Gasteiger charge is 2.12. The number of esters is 1. The highest BCUT2D eigenvalue weighted by molar-refractivity contribution is 5.96. The standard InChI is InChI=1S/C16H17N3O6/c1-10-6-13(19-25-10)18-14(20)9-24-15(21)8-17-16(22)11-4-3-5-12(7-11)23-2/h3-7H,8-9H2,1-2H3,(H,17,22)(H,18,19,20). The quantitative estimate of drug-likeness (QED) is 0.714. The second kappa shape index (κ2) is 8.48. The SMILES string of the molecule is COc1cccc(C(=O)NCC(=O)OCC(=O)Nc2cc(C)on2)c1. The zero-order valence-electron chi connectivity index (χ0n) is 13.7. The van der Waals surface area contributed by atoms with E-state index in [0.717, 1.165) is 0 Å². The number of carbonyl (C=O) groups excluding carboxylic acids is 3. The molecule has 132 valence electrons. The van der Waals surface area contributed by atoms with Crippen molar-refractivity contribution in [3.05, 3.63) is 41.7 Å². The molecule has 0 radical (unpaired) electrons. The minimum atomic E-state index is -0.747. The summed E-state index contributed by atoms with van der Waals surface area (Å²) in [7, 11) is 1.49. The number of nitrogens with zero attached hydrogens (tertiary/aromatic N) is 1. The number of carbonyl (C=O) groups is 3. The molecule has 1 aromatic carbocycles. The first-order chi connectivity index (χ1) is 12.0. The molecule has 0 aliphatic carbocycles. The largest absolute Gasteiger partial charge is 0.497 e. The lowest BCUT2D eigenvalue weighted by atomic mass is 10.2. The van der Waals surface area contributed by atoms with Crippen LogP contribution in [0.3, 0.4) is 0 Å². The van der Waals surface area contributed by atoms with E-state index in [4.69, 9.17) is 14.0 Å². The van der Waals surface area contributed by atoms with Gasteiger partial charge in [0, 0.05) is 11.6 Å². The third-order valence-electron chi connectivity index (χ3n) is 2.98. The van der Waals surface area contributed by atoms with Crippen LogP contribution >= 0.6 is 0 Å². The summed E-state index contributed by atoms with van der Waals surface area (Å²) >= 11 is 0. The van der Waals surface area contributed by atoms with Crippen molar-refractivity contribution in [2.45, 2.75) is 6.92 Å². The fourth-order valence-electron chi connectivity index (χ4n) is 1.82. The molecule has 0 saturated heterocycles. The molecule has 9 heteroatoms. The predicted molar refractivity (Wildman–Crippen MR) is 86.2 cm³/mol. The first-order valence-corrected chi connectivity index (χ1v) is 7.29. The number of aryl methyl sites for hydroxylation is 1. The van der Waals surface area contributed by atoms with Gasteiger partial charge in [0.1, 0.15) is 18.1 Å². The van der Waals surface area contributed by atoms with E-state index in [2.05, 4.69) is 15.8 Å². The van der Waals surface area contributed by atoms with E-state index in [1.54, 1.807) is 25.1 Å². The summed E-state index contributed by atoms with van der Waals surface area (Å²) in [5.41, 5.74) is 0.339. The third kappa shape index (κ3) is 5.65. The molecule has 0 spiro atoms. The lowest BCUT2D eigenvalue weighted by Crippen LogP contribution is -2.32. The molecule has 0 saturated carbocycles. The van der Waals surface area contributed by atoms with Gasteiger partial charge in [-0.05, 0) is 25.1 Å². The molecule has 2 aromatic rings. The van der Waals surface area contributed by atoms with Crippen LogP contribution in [0.1, 0.15) is 16.1 Å². The molecule has 2 N–H and O–H groups in total. The van der Waals surface area contributed by atoms with Gasteiger partial charge < -0.3 is 24.6 Å². The van der Waals surface area contributed by atoms with Gasteiger partial charge in [0.05, 0.1) is 7.11 Å². The molecule has 2 amide bonds. The summed E-state index contributed by atoms with van der Waals surface area (Å²) in [6.07, 6.45) is 0. The van der Waals surface area contributed by atoms with Gasteiger partial charge in [-0.2, -0.15) is 0 Å². The van der Waals surface area contributed by atoms with Gasteiger partial charge in [-0.3, -0.25) is 14.4 Å². The Kier molecular flexibility index (Phi) is 6.10. The van der Waals surface area contributed by atoms with Crippen LogP contribution in [-0.4, -0.2) is 43.2 Å². The van der Waals surface area contributed by atoms with Crippen molar-refractivity contribution in [1.29, 1.82) is 0 Å². The molecule has 0 bridgehead atoms. The van der Waals surface area contributed by atoms with Gasteiger partial charge in [0.25, 0.3) is 11.8 Å². The molecule has 0 atom stereocenters. The maximum Gasteiger partial charge on any atom is 0.325 e. The van der Waals surface area contributed by atoms with Crippen molar-refractivity contribution >= 4 is 23.6 Å². The van der Waals surface area contributed by atoms with E-state index < -0.39 is 24.4 Å². The van der Waals surface area contributed by atoms with Crippen molar-refractivity contribution in [3.63, 3.8) is 0 Å². The lowest BCUT2D eigenvalue weighted by Gasteiger charge is -2.07. The molecule has 0 aliphatic rings. The lowest BCUT2D eigenvalue weighted by molar-refractivity contribution is -0.146. The van der Waals surface area contributed by atoms with Crippen LogP contribution < -0.4 is 15.4 Å². The van der Waals surface area contributed by atoms with E-state index in [1.165, 1.54) is 19.2 Å². The van der Waals surface area contributed by atoms with Crippen LogP contribution in [0.15, 0.2) is 34.9 Å². The van der Waals surface area contributed by atoms with Crippen LogP contribution in [0.25, 0.3) is 0 Å². The number of hydrogen-bond acceptors (Lipinski definition) is 7. The average molecular weight is 347 g/mol. The van der Waals surface area contributed by atoms with E-state index >= 15 is 0 Å². The molecule has 9 nitrogen and oxygen atoms in total. The van der Waals surface area contributed by atoms with E-state index in [1.807, 2.05) is 0 Å². The molecular formula is C16H17N3O6. The first kappa shape index (κ1) is 18.0. The van der Waals surface area contributed by atoms with E-state index in [-0.39, 0.29) is 12.4 Å². The normalized spacial score (nSPS) is 10.0. The topological polar surface area (TPSA) is 120 Å². The van der Waals surface area contributed by atoms with Gasteiger partial charge >= 0.3 is 5.97 Å². The van der Waals surface area contributed by atoms with Gasteiger partial charge in [-0.25, -0.2) is 0 Å². The zero-order valence-corrected chi connectivity index (χ0v) is 13.7. The summed E-state index contributed by atoms with van der Waals surface area (Å²) in [6.45, 7) is 0.805. The molecule has 0 aliphatic heterocycles. The summed E-state index contributed by atoms with van der Waals surface area (Å²) < 4.78 is 14.6. The summed E-state index contributed by atoms with van der Waals surface area (Å²) in [6, 6.07) is 7.99. The minimum absolute atomic E-state index is 0.227. The maximum atomic E-state index is 11.9. The second-order valence-electron chi connectivity index (χ2n) is 4.95. The average Bonchev–Trinajstić information content (AvgIpc) is 3.02. The number of anilines is 1. The van der Waals surface area contributed by atoms with Crippen LogP contribution in [0.2, 0.25) is 0 Å². The fraction of sp³-hybridized carbons (Fsp3) is 0.250. The highest BCUT2D eigenvalue weighted by Crippen LogP contribution is 2.12. The number of rotatable bonds is 7. The maximum absolute atomic E-state index is 11.9. The Bertz CT molecular complexity index is 771. The number of hydrogen-bond donors (Lipinski definition) is 2. The molecule has 1 heterocycles. The van der Waals surface area contributed by atoms with Gasteiger partial charge in [0.15, 0.2) is 12.4 Å². The van der Waals surface area contributed by atoms with Crippen LogP contribution in [0.4, 0.5) is 5.82 Å². The Morgan fingerprint density at radius 3 is 2.72 bits per heavy atom. The monoisotopic (exact) mass is 347 g/mol. The molecule has 0 fully saturated rings. The summed E-state index contributed by atoms with van der Waals surface area (Å²) in [5, 5.41) is 8.37. The number of amides is 2. The van der Waals surface area contributed by atoms with Crippen molar-refractivity contribution in [1.82, 2.24) is 10.5 Å². The van der Waals surface area contributed by atoms with Crippen molar-refractivity contribution < 1.29 is 28.4 Å². The highest BCUT2D eigenvalue weighted by atomic mass is 16.5. The van der Waals surface area contributed by atoms with Crippen LogP contribution in [-0.2, 0) is 14.3 Å². The zero-order chi connectivity index (χ0) is 18.2. The van der Waals surface area contributed by atoms with E-state index in [0.29, 0.717) is 17.1 Å². The summed E-state index contributed by atoms with van der Waals surface area (Å²) in [5.74, 6) is -0.491.